The minimum atomic E-state index is -4.38. The number of carbonyl (C=O) groups excluding carboxylic acids is 1. The van der Waals surface area contributed by atoms with Crippen LogP contribution in [-0.4, -0.2) is 38.7 Å². The summed E-state index contributed by atoms with van der Waals surface area (Å²) in [5, 5.41) is 6.75. The number of alkyl halides is 3. The van der Waals surface area contributed by atoms with Crippen LogP contribution in [0.3, 0.4) is 0 Å². The van der Waals surface area contributed by atoms with Crippen molar-refractivity contribution in [2.75, 3.05) is 17.3 Å². The summed E-state index contributed by atoms with van der Waals surface area (Å²) in [6.45, 7) is 4.08. The van der Waals surface area contributed by atoms with Gasteiger partial charge in [0, 0.05) is 26.2 Å². The summed E-state index contributed by atoms with van der Waals surface area (Å²) in [4.78, 5) is 23.4. The zero-order valence-corrected chi connectivity index (χ0v) is 17.2. The predicted octanol–water partition coefficient (Wildman–Crippen LogP) is 3.44. The van der Waals surface area contributed by atoms with Gasteiger partial charge in [0.15, 0.2) is 5.82 Å². The lowest BCUT2D eigenvalue weighted by Crippen LogP contribution is -2.46. The number of fused-ring (bicyclic) bond motifs is 1. The van der Waals surface area contributed by atoms with Gasteiger partial charge < -0.3 is 10.2 Å². The molecule has 162 valence electrons. The molecule has 2 aromatic heterocycles. The third kappa shape index (κ3) is 3.75. The molecule has 1 amide bonds. The number of hydrogen-bond acceptors (Lipinski definition) is 5. The van der Waals surface area contributed by atoms with Crippen molar-refractivity contribution in [3.05, 3.63) is 29.5 Å². The fraction of sp³-hybridized carbons (Fsp3) is 0.600. The van der Waals surface area contributed by atoms with E-state index in [1.807, 2.05) is 25.8 Å². The van der Waals surface area contributed by atoms with E-state index in [2.05, 4.69) is 15.4 Å². The van der Waals surface area contributed by atoms with Crippen LogP contribution in [0.2, 0.25) is 0 Å². The third-order valence-corrected chi connectivity index (χ3v) is 6.10. The van der Waals surface area contributed by atoms with Crippen LogP contribution in [0.4, 0.5) is 24.7 Å². The number of amides is 1. The smallest absolute Gasteiger partial charge is 0.346 e. The van der Waals surface area contributed by atoms with Crippen molar-refractivity contribution in [2.24, 2.45) is 11.8 Å². The Morgan fingerprint density at radius 1 is 1.23 bits per heavy atom. The van der Waals surface area contributed by atoms with Gasteiger partial charge in [0.05, 0.1) is 5.69 Å². The number of hydrogen-bond donors (Lipinski definition) is 1. The van der Waals surface area contributed by atoms with E-state index in [1.165, 1.54) is 6.20 Å². The van der Waals surface area contributed by atoms with E-state index >= 15 is 0 Å². The van der Waals surface area contributed by atoms with E-state index in [4.69, 9.17) is 4.98 Å². The van der Waals surface area contributed by atoms with E-state index in [0.717, 1.165) is 35.1 Å². The van der Waals surface area contributed by atoms with Crippen molar-refractivity contribution in [3.63, 3.8) is 0 Å². The highest BCUT2D eigenvalue weighted by Crippen LogP contribution is 2.39. The van der Waals surface area contributed by atoms with Crippen LogP contribution in [0.5, 0.6) is 0 Å². The highest BCUT2D eigenvalue weighted by molar-refractivity contribution is 6.03. The molecular formula is C20H25F3N6O. The van der Waals surface area contributed by atoms with Gasteiger partial charge in [-0.15, -0.1) is 0 Å². The molecule has 0 saturated heterocycles. The average molecular weight is 422 g/mol. The number of carbonyl (C=O) groups is 1. The molecule has 7 nitrogen and oxygen atoms in total. The Balaban J connectivity index is 1.40. The molecule has 0 spiro atoms. The number of nitrogens with one attached hydrogen (secondary N) is 1. The van der Waals surface area contributed by atoms with Crippen LogP contribution in [0.15, 0.2) is 12.3 Å². The van der Waals surface area contributed by atoms with Crippen LogP contribution in [0, 0.1) is 18.8 Å². The quantitative estimate of drug-likeness (QED) is 0.799. The molecule has 10 heteroatoms. The normalized spacial score (nSPS) is 23.7. The molecule has 0 bridgehead atoms. The zero-order chi connectivity index (χ0) is 21.6. The van der Waals surface area contributed by atoms with Crippen molar-refractivity contribution in [1.29, 1.82) is 0 Å². The van der Waals surface area contributed by atoms with Gasteiger partial charge in [-0.2, -0.15) is 18.3 Å². The SMILES string of the molecule is CC[C@H]1C(=O)Nc2c(C)nc(CC3CC(Cn4nccc4C(F)(F)F)C3)nc2N1C. The monoisotopic (exact) mass is 422 g/mol. The highest BCUT2D eigenvalue weighted by Gasteiger charge is 2.37. The standard InChI is InChI=1S/C20H25F3N6O/c1-4-14-19(30)27-17-11(2)25-16(26-18(17)28(14)3)9-12-7-13(8-12)10-29-15(5-6-24-29)20(21,22)23/h5-6,12-14H,4,7-10H2,1-3H3,(H,27,30)/t12?,13?,14-/m0/s1. The lowest BCUT2D eigenvalue weighted by atomic mass is 9.73. The van der Waals surface area contributed by atoms with Crippen molar-refractivity contribution < 1.29 is 18.0 Å². The molecule has 1 N–H and O–H groups in total. The molecule has 1 aliphatic heterocycles. The van der Waals surface area contributed by atoms with Crippen LogP contribution in [0.25, 0.3) is 0 Å². The van der Waals surface area contributed by atoms with Crippen LogP contribution < -0.4 is 10.2 Å². The molecule has 1 atom stereocenters. The molecule has 4 rings (SSSR count). The topological polar surface area (TPSA) is 75.9 Å². The van der Waals surface area contributed by atoms with Gasteiger partial charge in [-0.05, 0) is 44.1 Å². The van der Waals surface area contributed by atoms with E-state index in [1.54, 1.807) is 0 Å². The second-order valence-corrected chi connectivity index (χ2v) is 8.25. The highest BCUT2D eigenvalue weighted by atomic mass is 19.4. The zero-order valence-electron chi connectivity index (χ0n) is 17.2. The molecular weight excluding hydrogens is 397 g/mol. The summed E-state index contributed by atoms with van der Waals surface area (Å²) < 4.78 is 40.0. The number of nitrogens with zero attached hydrogens (tertiary/aromatic N) is 5. The summed E-state index contributed by atoms with van der Waals surface area (Å²) in [6, 6.07) is 0.753. The van der Waals surface area contributed by atoms with Gasteiger partial charge in [0.1, 0.15) is 23.2 Å². The van der Waals surface area contributed by atoms with E-state index in [9.17, 15) is 18.0 Å². The van der Waals surface area contributed by atoms with Crippen molar-refractivity contribution in [2.45, 2.75) is 58.3 Å². The second-order valence-electron chi connectivity index (χ2n) is 8.25. The lowest BCUT2D eigenvalue weighted by Gasteiger charge is -2.36. The van der Waals surface area contributed by atoms with Gasteiger partial charge >= 0.3 is 6.18 Å². The van der Waals surface area contributed by atoms with E-state index < -0.39 is 11.9 Å². The maximum atomic E-state index is 13.0. The summed E-state index contributed by atoms with van der Waals surface area (Å²) >= 11 is 0. The van der Waals surface area contributed by atoms with Crippen molar-refractivity contribution in [1.82, 2.24) is 19.7 Å². The molecule has 1 aliphatic carbocycles. The Morgan fingerprint density at radius 2 is 1.97 bits per heavy atom. The molecule has 0 aromatic carbocycles. The first-order valence-corrected chi connectivity index (χ1v) is 10.2. The first-order chi connectivity index (χ1) is 14.2. The Labute approximate surface area is 172 Å². The summed E-state index contributed by atoms with van der Waals surface area (Å²) in [5.41, 5.74) is 0.683. The maximum Gasteiger partial charge on any atom is 0.433 e. The number of likely N-dealkylation sites (N-methyl/N-ethyl adjacent to an activating group) is 1. The minimum absolute atomic E-state index is 0.0503. The number of anilines is 2. The number of aromatic nitrogens is 4. The minimum Gasteiger partial charge on any atom is -0.346 e. The number of aryl methyl sites for hydroxylation is 1. The van der Waals surface area contributed by atoms with Crippen LogP contribution >= 0.6 is 0 Å². The van der Waals surface area contributed by atoms with Gasteiger partial charge in [-0.1, -0.05) is 6.92 Å². The van der Waals surface area contributed by atoms with Crippen LogP contribution in [0.1, 0.15) is 43.4 Å². The molecule has 1 saturated carbocycles. The fourth-order valence-corrected chi connectivity index (χ4v) is 4.51. The Kier molecular flexibility index (Phi) is 5.19. The molecule has 1 fully saturated rings. The van der Waals surface area contributed by atoms with Crippen molar-refractivity contribution in [3.8, 4) is 0 Å². The molecule has 3 heterocycles. The fourth-order valence-electron chi connectivity index (χ4n) is 4.51. The van der Waals surface area contributed by atoms with Crippen LogP contribution in [-0.2, 0) is 23.9 Å². The third-order valence-electron chi connectivity index (χ3n) is 6.10. The predicted molar refractivity (Wildman–Crippen MR) is 105 cm³/mol. The summed E-state index contributed by atoms with van der Waals surface area (Å²) in [5.74, 6) is 1.89. The first kappa shape index (κ1) is 20.6. The molecule has 30 heavy (non-hydrogen) atoms. The van der Waals surface area contributed by atoms with E-state index in [0.29, 0.717) is 30.3 Å². The lowest BCUT2D eigenvalue weighted by molar-refractivity contribution is -0.144. The molecule has 2 aromatic rings. The largest absolute Gasteiger partial charge is 0.433 e. The molecule has 2 aliphatic rings. The summed E-state index contributed by atoms with van der Waals surface area (Å²) in [7, 11) is 1.86. The van der Waals surface area contributed by atoms with Crippen molar-refractivity contribution >= 4 is 17.4 Å². The molecule has 0 radical (unpaired) electrons. The Hall–Kier alpha value is -2.65. The van der Waals surface area contributed by atoms with Gasteiger partial charge in [0.2, 0.25) is 5.91 Å². The van der Waals surface area contributed by atoms with Gasteiger partial charge in [0.25, 0.3) is 0 Å². The Morgan fingerprint density at radius 3 is 2.63 bits per heavy atom. The Bertz CT molecular complexity index is 951. The molecule has 0 unspecified atom stereocenters. The number of rotatable bonds is 5. The van der Waals surface area contributed by atoms with Gasteiger partial charge in [-0.25, -0.2) is 9.97 Å². The van der Waals surface area contributed by atoms with E-state index in [-0.39, 0.29) is 24.4 Å². The number of halogens is 3. The second kappa shape index (κ2) is 7.55. The van der Waals surface area contributed by atoms with Gasteiger partial charge in [-0.3, -0.25) is 9.48 Å². The average Bonchev–Trinajstić information content (AvgIpc) is 3.10. The first-order valence-electron chi connectivity index (χ1n) is 10.2. The maximum absolute atomic E-state index is 13.0. The summed E-state index contributed by atoms with van der Waals surface area (Å²) in [6.07, 6.45) is -0.193.